The van der Waals surface area contributed by atoms with E-state index in [0.29, 0.717) is 5.92 Å². The molecule has 2 rings (SSSR count). The summed E-state index contributed by atoms with van der Waals surface area (Å²) in [7, 11) is 0. The average Bonchev–Trinajstić information content (AvgIpc) is 2.69. The molecule has 0 radical (unpaired) electrons. The predicted octanol–water partition coefficient (Wildman–Crippen LogP) is 3.07. The Morgan fingerprint density at radius 1 is 1.35 bits per heavy atom. The summed E-state index contributed by atoms with van der Waals surface area (Å²) in [6.45, 7) is 7.25. The summed E-state index contributed by atoms with van der Waals surface area (Å²) in [6, 6.07) is 4.06. The van der Waals surface area contributed by atoms with Gasteiger partial charge in [0, 0.05) is 23.8 Å². The summed E-state index contributed by atoms with van der Waals surface area (Å²) < 4.78 is 2.09. The molecule has 3 nitrogen and oxygen atoms in total. The Kier molecular flexibility index (Phi) is 3.36. The maximum atomic E-state index is 12.0. The quantitative estimate of drug-likeness (QED) is 0.864. The van der Waals surface area contributed by atoms with Crippen molar-refractivity contribution in [2.75, 3.05) is 0 Å². The SMILES string of the molecule is CCC(CC)Cn1ccc2cc(C)[nH]c(=O)c21. The molecule has 0 amide bonds. The van der Waals surface area contributed by atoms with E-state index in [-0.39, 0.29) is 5.56 Å². The molecule has 1 N–H and O–H groups in total. The van der Waals surface area contributed by atoms with Gasteiger partial charge in [0.1, 0.15) is 5.52 Å². The zero-order valence-corrected chi connectivity index (χ0v) is 10.8. The average molecular weight is 232 g/mol. The molecule has 0 unspecified atom stereocenters. The van der Waals surface area contributed by atoms with Crippen molar-refractivity contribution in [2.24, 2.45) is 5.92 Å². The zero-order valence-electron chi connectivity index (χ0n) is 10.8. The second-order valence-electron chi connectivity index (χ2n) is 4.74. The Labute approximate surface area is 101 Å². The molecule has 2 aromatic rings. The van der Waals surface area contributed by atoms with E-state index >= 15 is 0 Å². The molecule has 0 aromatic carbocycles. The van der Waals surface area contributed by atoms with E-state index in [1.54, 1.807) is 0 Å². The number of aromatic amines is 1. The minimum absolute atomic E-state index is 0.0240. The van der Waals surface area contributed by atoms with Crippen LogP contribution in [0.25, 0.3) is 10.9 Å². The normalized spacial score (nSPS) is 11.5. The Morgan fingerprint density at radius 3 is 2.71 bits per heavy atom. The van der Waals surface area contributed by atoms with Gasteiger partial charge in [-0.1, -0.05) is 26.7 Å². The number of pyridine rings is 1. The molecule has 17 heavy (non-hydrogen) atoms. The summed E-state index contributed by atoms with van der Waals surface area (Å²) >= 11 is 0. The second-order valence-corrected chi connectivity index (χ2v) is 4.74. The number of H-pyrrole nitrogens is 1. The Hall–Kier alpha value is -1.51. The fourth-order valence-corrected chi connectivity index (χ4v) is 2.35. The third-order valence-corrected chi connectivity index (χ3v) is 3.50. The summed E-state index contributed by atoms with van der Waals surface area (Å²) in [6.07, 6.45) is 4.33. The Balaban J connectivity index is 2.46. The minimum Gasteiger partial charge on any atom is -0.343 e. The second kappa shape index (κ2) is 4.78. The van der Waals surface area contributed by atoms with Crippen LogP contribution in [0, 0.1) is 12.8 Å². The highest BCUT2D eigenvalue weighted by molar-refractivity contribution is 5.79. The van der Waals surface area contributed by atoms with Gasteiger partial charge < -0.3 is 9.55 Å². The number of aromatic nitrogens is 2. The van der Waals surface area contributed by atoms with Gasteiger partial charge in [0.05, 0.1) is 0 Å². The summed E-state index contributed by atoms with van der Waals surface area (Å²) in [5.74, 6) is 0.645. The largest absolute Gasteiger partial charge is 0.343 e. The van der Waals surface area contributed by atoms with Crippen LogP contribution in [0.1, 0.15) is 32.4 Å². The van der Waals surface area contributed by atoms with Crippen LogP contribution in [-0.2, 0) is 6.54 Å². The van der Waals surface area contributed by atoms with Gasteiger partial charge >= 0.3 is 0 Å². The smallest absolute Gasteiger partial charge is 0.272 e. The molecule has 0 saturated carbocycles. The highest BCUT2D eigenvalue weighted by Crippen LogP contribution is 2.17. The molecule has 0 bridgehead atoms. The molecular weight excluding hydrogens is 212 g/mol. The standard InChI is InChI=1S/C14H20N2O/c1-4-11(5-2)9-16-7-6-12-8-10(3)15-14(17)13(12)16/h6-8,11H,4-5,9H2,1-3H3,(H,15,17). The minimum atomic E-state index is 0.0240. The number of aryl methyl sites for hydroxylation is 1. The van der Waals surface area contributed by atoms with Gasteiger partial charge in [-0.2, -0.15) is 0 Å². The highest BCUT2D eigenvalue weighted by Gasteiger charge is 2.10. The van der Waals surface area contributed by atoms with Crippen LogP contribution < -0.4 is 5.56 Å². The Morgan fingerprint density at radius 2 is 2.06 bits per heavy atom. The van der Waals surface area contributed by atoms with Crippen LogP contribution >= 0.6 is 0 Å². The van der Waals surface area contributed by atoms with Crippen LogP contribution in [0.4, 0.5) is 0 Å². The molecule has 0 fully saturated rings. The number of fused-ring (bicyclic) bond motifs is 1. The van der Waals surface area contributed by atoms with Gasteiger partial charge in [-0.25, -0.2) is 0 Å². The number of hydrogen-bond acceptors (Lipinski definition) is 1. The molecule has 0 aliphatic carbocycles. The van der Waals surface area contributed by atoms with Crippen molar-refractivity contribution in [1.29, 1.82) is 0 Å². The molecule has 2 heterocycles. The first kappa shape index (κ1) is 12.0. The van der Waals surface area contributed by atoms with Gasteiger partial charge in [-0.15, -0.1) is 0 Å². The van der Waals surface area contributed by atoms with E-state index in [2.05, 4.69) is 23.4 Å². The lowest BCUT2D eigenvalue weighted by Gasteiger charge is -2.13. The Bertz CT molecular complexity index is 561. The van der Waals surface area contributed by atoms with Crippen molar-refractivity contribution in [1.82, 2.24) is 9.55 Å². The fraction of sp³-hybridized carbons (Fsp3) is 0.500. The van der Waals surface area contributed by atoms with Crippen molar-refractivity contribution < 1.29 is 0 Å². The van der Waals surface area contributed by atoms with Crippen molar-refractivity contribution in [3.05, 3.63) is 34.4 Å². The van der Waals surface area contributed by atoms with Crippen molar-refractivity contribution in [2.45, 2.75) is 40.2 Å². The molecule has 0 atom stereocenters. The zero-order chi connectivity index (χ0) is 12.4. The van der Waals surface area contributed by atoms with Crippen molar-refractivity contribution >= 4 is 10.9 Å². The predicted molar refractivity (Wildman–Crippen MR) is 71.4 cm³/mol. The summed E-state index contributed by atoms with van der Waals surface area (Å²) in [4.78, 5) is 14.8. The van der Waals surface area contributed by atoms with Gasteiger partial charge in [0.25, 0.3) is 5.56 Å². The number of nitrogens with one attached hydrogen (secondary N) is 1. The third kappa shape index (κ3) is 2.28. The number of nitrogens with zero attached hydrogens (tertiary/aromatic N) is 1. The van der Waals surface area contributed by atoms with E-state index < -0.39 is 0 Å². The van der Waals surface area contributed by atoms with E-state index in [4.69, 9.17) is 0 Å². The topological polar surface area (TPSA) is 37.8 Å². The monoisotopic (exact) mass is 232 g/mol. The first-order valence-corrected chi connectivity index (χ1v) is 6.34. The maximum absolute atomic E-state index is 12.0. The molecular formula is C14H20N2O. The molecule has 3 heteroatoms. The van der Waals surface area contributed by atoms with Crippen LogP contribution in [-0.4, -0.2) is 9.55 Å². The van der Waals surface area contributed by atoms with Crippen molar-refractivity contribution in [3.8, 4) is 0 Å². The van der Waals surface area contributed by atoms with Gasteiger partial charge in [-0.05, 0) is 25.0 Å². The fourth-order valence-electron chi connectivity index (χ4n) is 2.35. The van der Waals surface area contributed by atoms with Gasteiger partial charge in [0.15, 0.2) is 0 Å². The first-order chi connectivity index (χ1) is 8.15. The van der Waals surface area contributed by atoms with Crippen LogP contribution in [0.3, 0.4) is 0 Å². The molecule has 92 valence electrons. The lowest BCUT2D eigenvalue weighted by Crippen LogP contribution is -2.15. The van der Waals surface area contributed by atoms with Gasteiger partial charge in [0.2, 0.25) is 0 Å². The summed E-state index contributed by atoms with van der Waals surface area (Å²) in [5.41, 5.74) is 1.75. The summed E-state index contributed by atoms with van der Waals surface area (Å²) in [5, 5.41) is 1.04. The first-order valence-electron chi connectivity index (χ1n) is 6.34. The molecule has 0 spiro atoms. The lowest BCUT2D eigenvalue weighted by molar-refractivity contribution is 0.425. The maximum Gasteiger partial charge on any atom is 0.272 e. The molecule has 0 aliphatic rings. The molecule has 0 saturated heterocycles. The highest BCUT2D eigenvalue weighted by atomic mass is 16.1. The van der Waals surface area contributed by atoms with E-state index in [0.717, 1.165) is 36.0 Å². The molecule has 0 aliphatic heterocycles. The van der Waals surface area contributed by atoms with E-state index in [9.17, 15) is 4.79 Å². The molecule has 2 aromatic heterocycles. The van der Waals surface area contributed by atoms with Crippen LogP contribution in [0.2, 0.25) is 0 Å². The van der Waals surface area contributed by atoms with E-state index in [1.165, 1.54) is 0 Å². The van der Waals surface area contributed by atoms with Crippen LogP contribution in [0.5, 0.6) is 0 Å². The number of rotatable bonds is 4. The van der Waals surface area contributed by atoms with Crippen LogP contribution in [0.15, 0.2) is 23.1 Å². The third-order valence-electron chi connectivity index (χ3n) is 3.50. The van der Waals surface area contributed by atoms with Gasteiger partial charge in [-0.3, -0.25) is 4.79 Å². The number of hydrogen-bond donors (Lipinski definition) is 1. The lowest BCUT2D eigenvalue weighted by atomic mass is 10.0. The van der Waals surface area contributed by atoms with E-state index in [1.807, 2.05) is 25.3 Å². The van der Waals surface area contributed by atoms with Crippen molar-refractivity contribution in [3.63, 3.8) is 0 Å².